The Bertz CT molecular complexity index is 814. The molecule has 1 aromatic carbocycles. The molecule has 6 nitrogen and oxygen atoms in total. The van der Waals surface area contributed by atoms with Crippen LogP contribution in [0.25, 0.3) is 0 Å². The largest absolute Gasteiger partial charge is 0.483 e. The number of ether oxygens (including phenoxy) is 1. The van der Waals surface area contributed by atoms with Crippen molar-refractivity contribution in [2.45, 2.75) is 64.0 Å². The number of carbonyl (C=O) groups excluding carboxylic acids is 1. The van der Waals surface area contributed by atoms with Crippen molar-refractivity contribution in [3.63, 3.8) is 0 Å². The highest BCUT2D eigenvalue weighted by molar-refractivity contribution is 6.30. The topological polar surface area (TPSA) is 69.0 Å². The molecule has 1 aliphatic carbocycles. The van der Waals surface area contributed by atoms with E-state index >= 15 is 0 Å². The maximum absolute atomic E-state index is 12.2. The first kappa shape index (κ1) is 18.3. The van der Waals surface area contributed by atoms with E-state index in [2.05, 4.69) is 20.1 Å². The summed E-state index contributed by atoms with van der Waals surface area (Å²) in [6.07, 6.45) is 8.13. The van der Waals surface area contributed by atoms with Crippen LogP contribution in [0.1, 0.15) is 61.7 Å². The Balaban J connectivity index is 1.34. The number of halogens is 1. The summed E-state index contributed by atoms with van der Waals surface area (Å²) >= 11 is 6.20. The second kappa shape index (κ2) is 8.30. The predicted octanol–water partition coefficient (Wildman–Crippen LogP) is 3.62. The lowest BCUT2D eigenvalue weighted by molar-refractivity contribution is -0.123. The summed E-state index contributed by atoms with van der Waals surface area (Å²) in [7, 11) is 0. The molecular weight excluding hydrogens is 364 g/mol. The Morgan fingerprint density at radius 3 is 2.93 bits per heavy atom. The Morgan fingerprint density at radius 1 is 1.22 bits per heavy atom. The molecule has 2 heterocycles. The van der Waals surface area contributed by atoms with E-state index in [4.69, 9.17) is 16.3 Å². The summed E-state index contributed by atoms with van der Waals surface area (Å²) in [5, 5.41) is 11.9. The van der Waals surface area contributed by atoms with Gasteiger partial charge in [-0.3, -0.25) is 4.79 Å². The van der Waals surface area contributed by atoms with Gasteiger partial charge in [-0.1, -0.05) is 30.9 Å². The fraction of sp³-hybridized carbons (Fsp3) is 0.550. The first-order valence-electron chi connectivity index (χ1n) is 9.80. The number of nitrogens with one attached hydrogen (secondary N) is 1. The molecule has 1 N–H and O–H groups in total. The van der Waals surface area contributed by atoms with Crippen LogP contribution < -0.4 is 10.1 Å². The molecule has 1 saturated carbocycles. The van der Waals surface area contributed by atoms with E-state index in [-0.39, 0.29) is 12.5 Å². The van der Waals surface area contributed by atoms with Crippen LogP contribution >= 0.6 is 11.6 Å². The van der Waals surface area contributed by atoms with E-state index in [1.54, 1.807) is 0 Å². The number of nitrogens with zero attached hydrogens (tertiary/aromatic N) is 3. The summed E-state index contributed by atoms with van der Waals surface area (Å²) in [6.45, 7) is 1.30. The smallest absolute Gasteiger partial charge is 0.258 e. The average molecular weight is 389 g/mol. The number of hydrogen-bond donors (Lipinski definition) is 1. The lowest BCUT2D eigenvalue weighted by atomic mass is 9.84. The van der Waals surface area contributed by atoms with Crippen LogP contribution in [0.3, 0.4) is 0 Å². The van der Waals surface area contributed by atoms with Crippen molar-refractivity contribution in [3.05, 3.63) is 40.4 Å². The Hall–Kier alpha value is -2.08. The SMILES string of the molecule is O=C(COc1ccc(Cl)cc1C1CCCCC1)NCc1nnc2n1CCC2. The van der Waals surface area contributed by atoms with Crippen molar-refractivity contribution in [1.82, 2.24) is 20.1 Å². The van der Waals surface area contributed by atoms with Crippen LogP contribution in [-0.4, -0.2) is 27.3 Å². The van der Waals surface area contributed by atoms with E-state index < -0.39 is 0 Å². The summed E-state index contributed by atoms with van der Waals surface area (Å²) < 4.78 is 7.94. The maximum atomic E-state index is 12.2. The van der Waals surface area contributed by atoms with Gasteiger partial charge in [0.1, 0.15) is 11.6 Å². The van der Waals surface area contributed by atoms with Crippen molar-refractivity contribution in [1.29, 1.82) is 0 Å². The van der Waals surface area contributed by atoms with Crippen LogP contribution in [0.5, 0.6) is 5.75 Å². The fourth-order valence-corrected chi connectivity index (χ4v) is 4.28. The van der Waals surface area contributed by atoms with Crippen LogP contribution in [0.4, 0.5) is 0 Å². The number of carbonyl (C=O) groups is 1. The summed E-state index contributed by atoms with van der Waals surface area (Å²) in [4.78, 5) is 12.2. The van der Waals surface area contributed by atoms with E-state index in [1.165, 1.54) is 19.3 Å². The minimum atomic E-state index is -0.158. The zero-order valence-corrected chi connectivity index (χ0v) is 16.2. The molecule has 7 heteroatoms. The molecule has 0 radical (unpaired) electrons. The van der Waals surface area contributed by atoms with Crippen molar-refractivity contribution < 1.29 is 9.53 Å². The fourth-order valence-electron chi connectivity index (χ4n) is 4.10. The summed E-state index contributed by atoms with van der Waals surface area (Å²) in [5.41, 5.74) is 1.13. The van der Waals surface area contributed by atoms with Crippen molar-refractivity contribution in [3.8, 4) is 5.75 Å². The van der Waals surface area contributed by atoms with Gasteiger partial charge in [0.15, 0.2) is 12.4 Å². The number of benzene rings is 1. The van der Waals surface area contributed by atoms with Crippen LogP contribution in [-0.2, 0) is 24.3 Å². The Kier molecular flexibility index (Phi) is 5.62. The van der Waals surface area contributed by atoms with Crippen LogP contribution in [0.15, 0.2) is 18.2 Å². The van der Waals surface area contributed by atoms with Crippen molar-refractivity contribution in [2.75, 3.05) is 6.61 Å². The Morgan fingerprint density at radius 2 is 2.07 bits per heavy atom. The molecule has 1 fully saturated rings. The van der Waals surface area contributed by atoms with Gasteiger partial charge in [0.25, 0.3) is 5.91 Å². The lowest BCUT2D eigenvalue weighted by Crippen LogP contribution is -2.29. The molecule has 27 heavy (non-hydrogen) atoms. The number of hydrogen-bond acceptors (Lipinski definition) is 4. The minimum Gasteiger partial charge on any atom is -0.483 e. The van der Waals surface area contributed by atoms with Gasteiger partial charge in [0, 0.05) is 18.0 Å². The van der Waals surface area contributed by atoms with Crippen molar-refractivity contribution >= 4 is 17.5 Å². The minimum absolute atomic E-state index is 0.0116. The number of aryl methyl sites for hydroxylation is 1. The third kappa shape index (κ3) is 4.26. The Labute approximate surface area is 164 Å². The van der Waals surface area contributed by atoms with Gasteiger partial charge < -0.3 is 14.6 Å². The van der Waals surface area contributed by atoms with E-state index in [1.807, 2.05) is 18.2 Å². The number of amides is 1. The molecule has 0 atom stereocenters. The molecule has 0 saturated heterocycles. The second-order valence-corrected chi connectivity index (χ2v) is 7.81. The second-order valence-electron chi connectivity index (χ2n) is 7.37. The van der Waals surface area contributed by atoms with Gasteiger partial charge in [-0.05, 0) is 48.9 Å². The molecule has 2 aromatic rings. The molecular formula is C20H25ClN4O2. The summed E-state index contributed by atoms with van der Waals surface area (Å²) in [6, 6.07) is 5.69. The highest BCUT2D eigenvalue weighted by atomic mass is 35.5. The number of fused-ring (bicyclic) bond motifs is 1. The van der Waals surface area contributed by atoms with E-state index in [0.29, 0.717) is 17.5 Å². The molecule has 4 rings (SSSR count). The molecule has 0 spiro atoms. The first-order valence-corrected chi connectivity index (χ1v) is 10.2. The van der Waals surface area contributed by atoms with Gasteiger partial charge in [-0.15, -0.1) is 10.2 Å². The quantitative estimate of drug-likeness (QED) is 0.820. The van der Waals surface area contributed by atoms with Gasteiger partial charge in [-0.2, -0.15) is 0 Å². The van der Waals surface area contributed by atoms with Crippen molar-refractivity contribution in [2.24, 2.45) is 0 Å². The van der Waals surface area contributed by atoms with Crippen LogP contribution in [0.2, 0.25) is 5.02 Å². The summed E-state index contributed by atoms with van der Waals surface area (Å²) in [5.74, 6) is 2.90. The molecule has 1 aromatic heterocycles. The highest BCUT2D eigenvalue weighted by Crippen LogP contribution is 2.38. The number of rotatable bonds is 6. The van der Waals surface area contributed by atoms with Gasteiger partial charge >= 0.3 is 0 Å². The molecule has 0 bridgehead atoms. The lowest BCUT2D eigenvalue weighted by Gasteiger charge is -2.24. The molecule has 1 amide bonds. The maximum Gasteiger partial charge on any atom is 0.258 e. The standard InChI is InChI=1S/C20H25ClN4O2/c21-15-8-9-17(16(11-15)14-5-2-1-3-6-14)27-13-20(26)22-12-19-24-23-18-7-4-10-25(18)19/h8-9,11,14H,1-7,10,12-13H2,(H,22,26). The average Bonchev–Trinajstić information content (AvgIpc) is 3.30. The van der Waals surface area contributed by atoms with E-state index in [0.717, 1.165) is 55.2 Å². The molecule has 1 aliphatic heterocycles. The third-order valence-corrected chi connectivity index (χ3v) is 5.74. The van der Waals surface area contributed by atoms with Gasteiger partial charge in [0.2, 0.25) is 0 Å². The third-order valence-electron chi connectivity index (χ3n) is 5.51. The molecule has 144 valence electrons. The zero-order valence-electron chi connectivity index (χ0n) is 15.4. The van der Waals surface area contributed by atoms with Gasteiger partial charge in [-0.25, -0.2) is 0 Å². The molecule has 2 aliphatic rings. The monoisotopic (exact) mass is 388 g/mol. The van der Waals surface area contributed by atoms with Crippen LogP contribution in [0, 0.1) is 0 Å². The van der Waals surface area contributed by atoms with E-state index in [9.17, 15) is 4.79 Å². The predicted molar refractivity (Wildman–Crippen MR) is 103 cm³/mol. The molecule has 0 unspecified atom stereocenters. The highest BCUT2D eigenvalue weighted by Gasteiger charge is 2.21. The number of aromatic nitrogens is 3. The zero-order chi connectivity index (χ0) is 18.6. The normalized spacial score (nSPS) is 16.9. The van der Waals surface area contributed by atoms with Gasteiger partial charge in [0.05, 0.1) is 6.54 Å². The first-order chi connectivity index (χ1) is 13.2.